The first-order chi connectivity index (χ1) is 10.3. The van der Waals surface area contributed by atoms with E-state index in [1.807, 2.05) is 29.2 Å². The smallest absolute Gasteiger partial charge is 0.227 e. The lowest BCUT2D eigenvalue weighted by Gasteiger charge is -2.21. The largest absolute Gasteiger partial charge is 0.383 e. The van der Waals surface area contributed by atoms with Gasteiger partial charge >= 0.3 is 0 Å². The number of benzene rings is 2. The van der Waals surface area contributed by atoms with E-state index in [9.17, 15) is 4.79 Å². The van der Waals surface area contributed by atoms with E-state index in [2.05, 4.69) is 34.1 Å². The number of carbonyl (C=O) groups is 1. The molecule has 0 N–H and O–H groups in total. The van der Waals surface area contributed by atoms with Crippen molar-refractivity contribution >= 4 is 32.6 Å². The highest BCUT2D eigenvalue weighted by Crippen LogP contribution is 2.19. The summed E-state index contributed by atoms with van der Waals surface area (Å²) in [6.45, 7) is 1.90. The van der Waals surface area contributed by atoms with Crippen LogP contribution in [0, 0.1) is 0 Å². The summed E-state index contributed by atoms with van der Waals surface area (Å²) in [5, 5.41) is 3.10. The Balaban J connectivity index is 2.16. The number of hydrogen-bond acceptors (Lipinski definition) is 2. The van der Waals surface area contributed by atoms with Gasteiger partial charge in [-0.25, -0.2) is 0 Å². The van der Waals surface area contributed by atoms with Crippen molar-refractivity contribution in [3.8, 4) is 0 Å². The van der Waals surface area contributed by atoms with Gasteiger partial charge in [0.15, 0.2) is 0 Å². The van der Waals surface area contributed by atoms with Gasteiger partial charge in [0, 0.05) is 25.5 Å². The highest BCUT2D eigenvalue weighted by Gasteiger charge is 2.14. The van der Waals surface area contributed by atoms with Crippen LogP contribution < -0.4 is 0 Å². The summed E-state index contributed by atoms with van der Waals surface area (Å²) in [5.74, 6) is 0.142. The Morgan fingerprint density at radius 1 is 1.14 bits per heavy atom. The molecule has 2 aromatic carbocycles. The fourth-order valence-corrected chi connectivity index (χ4v) is 2.81. The molecule has 0 spiro atoms. The number of nitrogens with zero attached hydrogens (tertiary/aromatic N) is 1. The van der Waals surface area contributed by atoms with E-state index in [1.54, 1.807) is 7.11 Å². The van der Waals surface area contributed by atoms with E-state index in [0.717, 1.165) is 16.3 Å². The molecule has 4 heteroatoms. The third-order valence-corrected chi connectivity index (χ3v) is 3.85. The molecule has 0 aliphatic carbocycles. The normalized spacial score (nSPS) is 10.8. The van der Waals surface area contributed by atoms with Crippen LogP contribution in [0.4, 0.5) is 0 Å². The second-order valence-electron chi connectivity index (χ2n) is 4.88. The number of methoxy groups -OCH3 is 1. The summed E-state index contributed by atoms with van der Waals surface area (Å²) < 4.78 is 5.08. The predicted octanol–water partition coefficient (Wildman–Crippen LogP) is 3.25. The highest BCUT2D eigenvalue weighted by molar-refractivity contribution is 9.09. The summed E-state index contributed by atoms with van der Waals surface area (Å²) in [5.41, 5.74) is 1.08. The van der Waals surface area contributed by atoms with Crippen molar-refractivity contribution in [1.82, 2.24) is 4.90 Å². The standard InChI is InChI=1S/C17H20BrNO2/c1-21-12-11-19(10-9-18)17(20)13-15-7-4-6-14-5-2-3-8-16(14)15/h2-8H,9-13H2,1H3. The van der Waals surface area contributed by atoms with E-state index < -0.39 is 0 Å². The van der Waals surface area contributed by atoms with Gasteiger partial charge in [0.2, 0.25) is 5.91 Å². The first kappa shape index (κ1) is 16.0. The van der Waals surface area contributed by atoms with E-state index in [1.165, 1.54) is 5.39 Å². The van der Waals surface area contributed by atoms with Crippen LogP contribution in [0.2, 0.25) is 0 Å². The molecule has 0 fully saturated rings. The van der Waals surface area contributed by atoms with Gasteiger partial charge < -0.3 is 9.64 Å². The molecule has 1 amide bonds. The second kappa shape index (κ2) is 8.15. The van der Waals surface area contributed by atoms with E-state index >= 15 is 0 Å². The molecule has 0 saturated heterocycles. The Morgan fingerprint density at radius 3 is 2.67 bits per heavy atom. The lowest BCUT2D eigenvalue weighted by atomic mass is 10.0. The zero-order valence-electron chi connectivity index (χ0n) is 12.2. The van der Waals surface area contributed by atoms with Gasteiger partial charge in [-0.15, -0.1) is 0 Å². The maximum atomic E-state index is 12.5. The van der Waals surface area contributed by atoms with Gasteiger partial charge in [-0.1, -0.05) is 58.4 Å². The molecule has 21 heavy (non-hydrogen) atoms. The summed E-state index contributed by atoms with van der Waals surface area (Å²) >= 11 is 3.40. The fraction of sp³-hybridized carbons (Fsp3) is 0.353. The number of rotatable bonds is 7. The predicted molar refractivity (Wildman–Crippen MR) is 89.9 cm³/mol. The van der Waals surface area contributed by atoms with Gasteiger partial charge in [-0.2, -0.15) is 0 Å². The van der Waals surface area contributed by atoms with Crippen molar-refractivity contribution < 1.29 is 9.53 Å². The third-order valence-electron chi connectivity index (χ3n) is 3.49. The second-order valence-corrected chi connectivity index (χ2v) is 5.67. The summed E-state index contributed by atoms with van der Waals surface area (Å²) in [4.78, 5) is 14.3. The molecule has 0 aliphatic rings. The minimum Gasteiger partial charge on any atom is -0.383 e. The number of hydrogen-bond donors (Lipinski definition) is 0. The van der Waals surface area contributed by atoms with Crippen molar-refractivity contribution in [1.29, 1.82) is 0 Å². The average Bonchev–Trinajstić information content (AvgIpc) is 2.51. The lowest BCUT2D eigenvalue weighted by Crippen LogP contribution is -2.36. The van der Waals surface area contributed by atoms with Crippen LogP contribution in [0.3, 0.4) is 0 Å². The molecule has 2 rings (SSSR count). The summed E-state index contributed by atoms with van der Waals surface area (Å²) in [7, 11) is 1.65. The van der Waals surface area contributed by atoms with Gasteiger partial charge in [0.25, 0.3) is 0 Å². The minimum atomic E-state index is 0.142. The average molecular weight is 350 g/mol. The van der Waals surface area contributed by atoms with Gasteiger partial charge in [0.05, 0.1) is 13.0 Å². The van der Waals surface area contributed by atoms with Crippen LogP contribution >= 0.6 is 15.9 Å². The van der Waals surface area contributed by atoms with E-state index in [0.29, 0.717) is 26.1 Å². The third kappa shape index (κ3) is 4.29. The Kier molecular flexibility index (Phi) is 6.21. The first-order valence-corrected chi connectivity index (χ1v) is 8.17. The van der Waals surface area contributed by atoms with Crippen LogP contribution in [-0.2, 0) is 16.0 Å². The monoisotopic (exact) mass is 349 g/mol. The molecular formula is C17H20BrNO2. The van der Waals surface area contributed by atoms with Gasteiger partial charge in [-0.05, 0) is 16.3 Å². The quantitative estimate of drug-likeness (QED) is 0.718. The number of amides is 1. The molecule has 0 bridgehead atoms. The highest BCUT2D eigenvalue weighted by atomic mass is 79.9. The SMILES string of the molecule is COCCN(CCBr)C(=O)Cc1cccc2ccccc12. The molecule has 2 aromatic rings. The summed E-state index contributed by atoms with van der Waals surface area (Å²) in [6, 6.07) is 14.3. The lowest BCUT2D eigenvalue weighted by molar-refractivity contribution is -0.130. The Hall–Kier alpha value is -1.39. The molecular weight excluding hydrogens is 330 g/mol. The minimum absolute atomic E-state index is 0.142. The molecule has 0 unspecified atom stereocenters. The molecule has 3 nitrogen and oxygen atoms in total. The topological polar surface area (TPSA) is 29.5 Å². The Bertz CT molecular complexity index is 595. The van der Waals surface area contributed by atoms with Gasteiger partial charge in [0.1, 0.15) is 0 Å². The van der Waals surface area contributed by atoms with Crippen molar-refractivity contribution in [2.45, 2.75) is 6.42 Å². The summed E-state index contributed by atoms with van der Waals surface area (Å²) in [6.07, 6.45) is 0.429. The number of halogens is 1. The van der Waals surface area contributed by atoms with Crippen LogP contribution in [0.15, 0.2) is 42.5 Å². The van der Waals surface area contributed by atoms with Crippen LogP contribution in [-0.4, -0.2) is 42.9 Å². The Labute approximate surface area is 134 Å². The van der Waals surface area contributed by atoms with Crippen molar-refractivity contribution in [3.05, 3.63) is 48.0 Å². The number of fused-ring (bicyclic) bond motifs is 1. The van der Waals surface area contributed by atoms with Crippen LogP contribution in [0.25, 0.3) is 10.8 Å². The van der Waals surface area contributed by atoms with Crippen molar-refractivity contribution in [2.24, 2.45) is 0 Å². The Morgan fingerprint density at radius 2 is 1.90 bits per heavy atom. The molecule has 0 atom stereocenters. The molecule has 0 saturated carbocycles. The van der Waals surface area contributed by atoms with Crippen molar-refractivity contribution in [2.75, 3.05) is 32.1 Å². The number of carbonyl (C=O) groups excluding carboxylic acids is 1. The number of alkyl halides is 1. The van der Waals surface area contributed by atoms with Crippen molar-refractivity contribution in [3.63, 3.8) is 0 Å². The first-order valence-electron chi connectivity index (χ1n) is 7.05. The number of ether oxygens (including phenoxy) is 1. The molecule has 0 aromatic heterocycles. The molecule has 0 radical (unpaired) electrons. The zero-order valence-corrected chi connectivity index (χ0v) is 13.8. The maximum Gasteiger partial charge on any atom is 0.227 e. The maximum absolute atomic E-state index is 12.5. The fourth-order valence-electron chi connectivity index (χ4n) is 2.39. The van der Waals surface area contributed by atoms with E-state index in [4.69, 9.17) is 4.74 Å². The van der Waals surface area contributed by atoms with Crippen LogP contribution in [0.1, 0.15) is 5.56 Å². The van der Waals surface area contributed by atoms with E-state index in [-0.39, 0.29) is 5.91 Å². The molecule has 0 heterocycles. The van der Waals surface area contributed by atoms with Gasteiger partial charge in [-0.3, -0.25) is 4.79 Å². The zero-order chi connectivity index (χ0) is 15.1. The molecule has 112 valence electrons. The molecule has 0 aliphatic heterocycles. The van der Waals surface area contributed by atoms with Crippen LogP contribution in [0.5, 0.6) is 0 Å².